The van der Waals surface area contributed by atoms with Crippen LogP contribution in [0.1, 0.15) is 34.3 Å². The van der Waals surface area contributed by atoms with Crippen LogP contribution in [0.2, 0.25) is 0 Å². The number of rotatable bonds is 5. The van der Waals surface area contributed by atoms with Gasteiger partial charge in [-0.1, -0.05) is 23.8 Å². The van der Waals surface area contributed by atoms with Crippen LogP contribution in [0.4, 0.5) is 5.13 Å². The van der Waals surface area contributed by atoms with Crippen LogP contribution in [-0.2, 0) is 10.0 Å². The molecule has 0 unspecified atom stereocenters. The number of carbonyl (C=O) groups is 1. The lowest BCUT2D eigenvalue weighted by molar-refractivity contribution is 0.102. The van der Waals surface area contributed by atoms with Gasteiger partial charge in [0.05, 0.1) is 10.6 Å². The van der Waals surface area contributed by atoms with E-state index >= 15 is 0 Å². The van der Waals surface area contributed by atoms with E-state index < -0.39 is 10.0 Å². The molecule has 0 spiro atoms. The highest BCUT2D eigenvalue weighted by atomic mass is 32.2. The minimum absolute atomic E-state index is 0.146. The summed E-state index contributed by atoms with van der Waals surface area (Å²) in [5.41, 5.74) is 4.39. The number of hydrogen-bond donors (Lipinski definition) is 1. The molecule has 1 aliphatic rings. The lowest BCUT2D eigenvalue weighted by Crippen LogP contribution is -2.28. The van der Waals surface area contributed by atoms with Gasteiger partial charge in [0.25, 0.3) is 5.91 Å². The zero-order chi connectivity index (χ0) is 21.3. The van der Waals surface area contributed by atoms with Crippen LogP contribution in [0.5, 0.6) is 0 Å². The molecule has 0 radical (unpaired) electrons. The normalized spacial score (nSPS) is 14.7. The van der Waals surface area contributed by atoms with Gasteiger partial charge in [-0.3, -0.25) is 10.1 Å². The van der Waals surface area contributed by atoms with Crippen LogP contribution in [0.25, 0.3) is 11.3 Å². The van der Waals surface area contributed by atoms with Gasteiger partial charge in [0.1, 0.15) is 0 Å². The van der Waals surface area contributed by atoms with Gasteiger partial charge in [0.15, 0.2) is 5.13 Å². The third-order valence-electron chi connectivity index (χ3n) is 5.19. The summed E-state index contributed by atoms with van der Waals surface area (Å²) in [6.07, 6.45) is 1.73. The molecule has 1 amide bonds. The fourth-order valence-electron chi connectivity index (χ4n) is 3.51. The Bertz CT molecular complexity index is 1200. The Labute approximate surface area is 180 Å². The van der Waals surface area contributed by atoms with Gasteiger partial charge in [0.2, 0.25) is 10.0 Å². The molecule has 0 saturated carbocycles. The summed E-state index contributed by atoms with van der Waals surface area (Å²) in [6, 6.07) is 12.3. The lowest BCUT2D eigenvalue weighted by atomic mass is 10.0. The molecule has 0 atom stereocenters. The fourth-order valence-corrected chi connectivity index (χ4v) is 5.78. The van der Waals surface area contributed by atoms with Crippen molar-refractivity contribution < 1.29 is 13.2 Å². The van der Waals surface area contributed by atoms with Crippen molar-refractivity contribution >= 4 is 32.4 Å². The average molecular weight is 442 g/mol. The first-order chi connectivity index (χ1) is 14.3. The number of carbonyl (C=O) groups excluding carboxylic acids is 1. The molecule has 1 fully saturated rings. The maximum atomic E-state index is 12.8. The van der Waals surface area contributed by atoms with Gasteiger partial charge in [-0.25, -0.2) is 13.4 Å². The molecule has 6 nitrogen and oxygen atoms in total. The molecule has 8 heteroatoms. The van der Waals surface area contributed by atoms with Crippen molar-refractivity contribution in [1.29, 1.82) is 0 Å². The maximum absolute atomic E-state index is 12.8. The van der Waals surface area contributed by atoms with Crippen LogP contribution in [0, 0.1) is 13.8 Å². The minimum Gasteiger partial charge on any atom is -0.298 e. The predicted octanol–water partition coefficient (Wildman–Crippen LogP) is 4.46. The Morgan fingerprint density at radius 1 is 1.10 bits per heavy atom. The summed E-state index contributed by atoms with van der Waals surface area (Å²) in [5.74, 6) is -0.379. The number of aromatic nitrogens is 1. The Morgan fingerprint density at radius 3 is 2.63 bits per heavy atom. The maximum Gasteiger partial charge on any atom is 0.257 e. The lowest BCUT2D eigenvalue weighted by Gasteiger charge is -2.15. The largest absolute Gasteiger partial charge is 0.298 e. The van der Waals surface area contributed by atoms with Crippen LogP contribution in [0.15, 0.2) is 52.7 Å². The summed E-state index contributed by atoms with van der Waals surface area (Å²) in [4.78, 5) is 17.4. The van der Waals surface area contributed by atoms with E-state index in [0.717, 1.165) is 35.2 Å². The summed E-state index contributed by atoms with van der Waals surface area (Å²) in [7, 11) is -3.57. The zero-order valence-electron chi connectivity index (χ0n) is 16.9. The van der Waals surface area contributed by atoms with Gasteiger partial charge in [-0.2, -0.15) is 4.31 Å². The highest BCUT2D eigenvalue weighted by Crippen LogP contribution is 2.29. The average Bonchev–Trinajstić information content (AvgIpc) is 3.42. The third-order valence-corrected chi connectivity index (χ3v) is 7.85. The quantitative estimate of drug-likeness (QED) is 0.634. The third kappa shape index (κ3) is 4.16. The zero-order valence-corrected chi connectivity index (χ0v) is 18.5. The Kier molecular flexibility index (Phi) is 5.73. The van der Waals surface area contributed by atoms with E-state index in [0.29, 0.717) is 23.8 Å². The molecule has 2 aromatic carbocycles. The first-order valence-corrected chi connectivity index (χ1v) is 12.1. The number of aryl methyl sites for hydroxylation is 2. The molecule has 1 N–H and O–H groups in total. The molecule has 156 valence electrons. The van der Waals surface area contributed by atoms with Crippen molar-refractivity contribution in [3.63, 3.8) is 0 Å². The van der Waals surface area contributed by atoms with E-state index in [1.165, 1.54) is 27.8 Å². The number of nitrogens with one attached hydrogen (secondary N) is 1. The Morgan fingerprint density at radius 2 is 1.87 bits per heavy atom. The summed E-state index contributed by atoms with van der Waals surface area (Å²) in [6.45, 7) is 5.11. The van der Waals surface area contributed by atoms with Gasteiger partial charge in [0, 0.05) is 29.6 Å². The molecular weight excluding hydrogens is 418 g/mol. The number of thiazole rings is 1. The van der Waals surface area contributed by atoms with E-state index in [4.69, 9.17) is 0 Å². The van der Waals surface area contributed by atoms with Crippen molar-refractivity contribution in [2.24, 2.45) is 0 Å². The topological polar surface area (TPSA) is 79.4 Å². The van der Waals surface area contributed by atoms with Crippen molar-refractivity contribution in [1.82, 2.24) is 9.29 Å². The fraction of sp³-hybridized carbons (Fsp3) is 0.273. The van der Waals surface area contributed by atoms with Gasteiger partial charge in [-0.05, 0) is 56.5 Å². The van der Waals surface area contributed by atoms with Crippen LogP contribution in [-0.4, -0.2) is 36.7 Å². The van der Waals surface area contributed by atoms with E-state index in [-0.39, 0.29) is 10.8 Å². The predicted molar refractivity (Wildman–Crippen MR) is 119 cm³/mol. The summed E-state index contributed by atoms with van der Waals surface area (Å²) < 4.78 is 27.0. The molecule has 4 rings (SSSR count). The van der Waals surface area contributed by atoms with Crippen molar-refractivity contribution in [2.45, 2.75) is 31.6 Å². The molecule has 2 heterocycles. The van der Waals surface area contributed by atoms with Crippen molar-refractivity contribution in [2.75, 3.05) is 18.4 Å². The molecular formula is C22H23N3O3S2. The molecule has 0 bridgehead atoms. The second-order valence-electron chi connectivity index (χ2n) is 7.45. The van der Waals surface area contributed by atoms with Gasteiger partial charge < -0.3 is 0 Å². The number of anilines is 1. The molecule has 1 saturated heterocycles. The van der Waals surface area contributed by atoms with Gasteiger partial charge >= 0.3 is 0 Å². The smallest absolute Gasteiger partial charge is 0.257 e. The summed E-state index contributed by atoms with van der Waals surface area (Å²) in [5, 5.41) is 5.17. The monoisotopic (exact) mass is 441 g/mol. The molecule has 30 heavy (non-hydrogen) atoms. The second-order valence-corrected chi connectivity index (χ2v) is 10.2. The van der Waals surface area contributed by atoms with Gasteiger partial charge in [-0.15, -0.1) is 11.3 Å². The van der Waals surface area contributed by atoms with E-state index in [9.17, 15) is 13.2 Å². The highest BCUT2D eigenvalue weighted by Gasteiger charge is 2.27. The SMILES string of the molecule is Cc1ccc(C)c(-c2csc(NC(=O)c3cccc(S(=O)(=O)N4CCCC4)c3)n2)c1. The van der Waals surface area contributed by atoms with Crippen LogP contribution < -0.4 is 5.32 Å². The number of amides is 1. The first-order valence-electron chi connectivity index (χ1n) is 9.79. The van der Waals surface area contributed by atoms with E-state index in [1.807, 2.05) is 19.2 Å². The Hall–Kier alpha value is -2.55. The Balaban J connectivity index is 1.54. The highest BCUT2D eigenvalue weighted by molar-refractivity contribution is 7.89. The number of nitrogens with zero attached hydrogens (tertiary/aromatic N) is 2. The number of benzene rings is 2. The van der Waals surface area contributed by atoms with Crippen molar-refractivity contribution in [3.8, 4) is 11.3 Å². The van der Waals surface area contributed by atoms with Crippen LogP contribution in [0.3, 0.4) is 0 Å². The minimum atomic E-state index is -3.57. The second kappa shape index (κ2) is 8.29. The van der Waals surface area contributed by atoms with E-state index in [1.54, 1.807) is 12.1 Å². The number of hydrogen-bond acceptors (Lipinski definition) is 5. The van der Waals surface area contributed by atoms with Crippen LogP contribution >= 0.6 is 11.3 Å². The summed E-state index contributed by atoms with van der Waals surface area (Å²) >= 11 is 1.34. The number of sulfonamides is 1. The van der Waals surface area contributed by atoms with E-state index in [2.05, 4.69) is 28.5 Å². The molecule has 3 aromatic rings. The molecule has 1 aliphatic heterocycles. The molecule has 0 aliphatic carbocycles. The molecule has 1 aromatic heterocycles. The van der Waals surface area contributed by atoms with Crippen molar-refractivity contribution in [3.05, 3.63) is 64.5 Å². The standard InChI is InChI=1S/C22H23N3O3S2/c1-15-8-9-16(2)19(12-15)20-14-29-22(23-20)24-21(26)17-6-5-7-18(13-17)30(27,28)25-10-3-4-11-25/h5-9,12-14H,3-4,10-11H2,1-2H3,(H,23,24,26). The first kappa shape index (κ1) is 20.7.